The van der Waals surface area contributed by atoms with E-state index >= 15 is 0 Å². The summed E-state index contributed by atoms with van der Waals surface area (Å²) in [6, 6.07) is 8.65. The van der Waals surface area contributed by atoms with Crippen LogP contribution in [0.3, 0.4) is 0 Å². The first-order valence-electron chi connectivity index (χ1n) is 15.9. The number of thiazole rings is 1. The number of carboxylic acid groups (broad SMARTS) is 2. The van der Waals surface area contributed by atoms with Crippen molar-refractivity contribution in [1.29, 1.82) is 0 Å². The molecule has 1 aromatic heterocycles. The van der Waals surface area contributed by atoms with Gasteiger partial charge in [0.15, 0.2) is 0 Å². The van der Waals surface area contributed by atoms with Crippen molar-refractivity contribution in [3.63, 3.8) is 0 Å². The molecule has 2 fully saturated rings. The maximum Gasteiger partial charge on any atom is 0.490 e. The van der Waals surface area contributed by atoms with E-state index < -0.39 is 24.3 Å². The van der Waals surface area contributed by atoms with Gasteiger partial charge in [-0.3, -0.25) is 9.59 Å². The zero-order chi connectivity index (χ0) is 38.4. The number of likely N-dealkylation sites (tertiary alicyclic amines) is 1. The van der Waals surface area contributed by atoms with Crippen LogP contribution >= 0.6 is 11.3 Å². The summed E-state index contributed by atoms with van der Waals surface area (Å²) in [5.41, 5.74) is 8.04. The highest BCUT2D eigenvalue weighted by molar-refractivity contribution is 7.09. The van der Waals surface area contributed by atoms with Crippen molar-refractivity contribution in [3.05, 3.63) is 51.5 Å². The molecule has 51 heavy (non-hydrogen) atoms. The number of benzene rings is 1. The van der Waals surface area contributed by atoms with Gasteiger partial charge in [-0.25, -0.2) is 14.6 Å². The minimum Gasteiger partial charge on any atom is -0.475 e. The molecule has 0 saturated carbocycles. The number of alkyl halides is 6. The minimum absolute atomic E-state index is 0.0337. The van der Waals surface area contributed by atoms with Gasteiger partial charge in [0.2, 0.25) is 5.91 Å². The first kappa shape index (κ1) is 43.4. The molecule has 2 saturated heterocycles. The second-order valence-corrected chi connectivity index (χ2v) is 13.0. The molecule has 0 bridgehead atoms. The molecule has 4 rings (SSSR count). The van der Waals surface area contributed by atoms with Crippen LogP contribution in [0.15, 0.2) is 29.6 Å². The Bertz CT molecular complexity index is 1420. The summed E-state index contributed by atoms with van der Waals surface area (Å²) in [5, 5.41) is 17.2. The van der Waals surface area contributed by atoms with Crippen LogP contribution < -0.4 is 5.73 Å². The second-order valence-electron chi connectivity index (χ2n) is 12.1. The zero-order valence-electron chi connectivity index (χ0n) is 28.1. The summed E-state index contributed by atoms with van der Waals surface area (Å²) in [4.78, 5) is 50.7. The van der Waals surface area contributed by atoms with E-state index in [9.17, 15) is 35.9 Å². The van der Waals surface area contributed by atoms with Gasteiger partial charge in [0.25, 0.3) is 5.91 Å². The number of nitrogens with zero attached hydrogens (tertiary/aromatic N) is 3. The zero-order valence-corrected chi connectivity index (χ0v) is 28.9. The molecule has 2 aromatic rings. The van der Waals surface area contributed by atoms with E-state index in [4.69, 9.17) is 35.0 Å². The summed E-state index contributed by atoms with van der Waals surface area (Å²) in [6.45, 7) is 10.0. The fourth-order valence-corrected chi connectivity index (χ4v) is 5.82. The molecule has 0 radical (unpaired) electrons. The van der Waals surface area contributed by atoms with E-state index in [-0.39, 0.29) is 23.8 Å². The molecule has 12 nitrogen and oxygen atoms in total. The Balaban J connectivity index is 0.000000543. The minimum atomic E-state index is -5.08. The number of nitrogens with two attached hydrogens (primary N) is 1. The maximum atomic E-state index is 13.1. The average Bonchev–Trinajstić information content (AvgIpc) is 3.55. The van der Waals surface area contributed by atoms with Crippen molar-refractivity contribution in [3.8, 4) is 0 Å². The van der Waals surface area contributed by atoms with Crippen molar-refractivity contribution in [2.24, 2.45) is 5.73 Å². The van der Waals surface area contributed by atoms with Gasteiger partial charge in [0, 0.05) is 43.9 Å². The lowest BCUT2D eigenvalue weighted by atomic mass is 9.89. The van der Waals surface area contributed by atoms with Crippen molar-refractivity contribution in [2.45, 2.75) is 69.8 Å². The number of hydrogen-bond donors (Lipinski definition) is 3. The van der Waals surface area contributed by atoms with Crippen LogP contribution in [0.1, 0.15) is 65.7 Å². The van der Waals surface area contributed by atoms with Crippen LogP contribution in [0.2, 0.25) is 0 Å². The van der Waals surface area contributed by atoms with Crippen LogP contribution in [0.4, 0.5) is 26.3 Å². The van der Waals surface area contributed by atoms with Crippen LogP contribution in [-0.2, 0) is 36.7 Å². The van der Waals surface area contributed by atoms with Gasteiger partial charge >= 0.3 is 24.3 Å². The first-order valence-corrected chi connectivity index (χ1v) is 16.8. The summed E-state index contributed by atoms with van der Waals surface area (Å²) in [7, 11) is 0. The van der Waals surface area contributed by atoms with E-state index in [1.54, 1.807) is 11.3 Å². The van der Waals surface area contributed by atoms with Crippen LogP contribution in [-0.4, -0.2) is 119 Å². The number of rotatable bonds is 11. The van der Waals surface area contributed by atoms with Crippen molar-refractivity contribution in [1.82, 2.24) is 14.8 Å². The van der Waals surface area contributed by atoms with Gasteiger partial charge in [0.05, 0.1) is 37.0 Å². The average molecular weight is 757 g/mol. The molecule has 0 unspecified atom stereocenters. The fraction of sp³-hybridized carbons (Fsp3) is 0.594. The van der Waals surface area contributed by atoms with E-state index in [2.05, 4.69) is 48.0 Å². The summed E-state index contributed by atoms with van der Waals surface area (Å²) in [6.07, 6.45) is -6.20. The standard InChI is InChI=1S/C28H40N4O4S.2C2HF3O2/c1-21(2)26-30-24(19-37-26)27(34)32-14-17-36-28(20-32)9-12-31(13-10-28)11-6-22-4-3-5-23(18-22)7-15-35-16-8-25(29)33;2*3-2(4,5)1(6)7/h3-5,18-19,21H,6-17,20H2,1-2H3,(H2,29,33);2*(H,6,7). The van der Waals surface area contributed by atoms with Crippen LogP contribution in [0, 0.1) is 0 Å². The molecule has 2 aliphatic heterocycles. The van der Waals surface area contributed by atoms with Gasteiger partial charge in [-0.15, -0.1) is 11.3 Å². The molecule has 0 atom stereocenters. The van der Waals surface area contributed by atoms with Crippen molar-refractivity contribution < 1.29 is 65.2 Å². The highest BCUT2D eigenvalue weighted by Crippen LogP contribution is 2.31. The number of piperidine rings is 1. The molecule has 1 spiro atoms. The molecule has 3 heterocycles. The highest BCUT2D eigenvalue weighted by atomic mass is 32.1. The number of carboxylic acids is 2. The number of aliphatic carboxylic acids is 2. The number of primary amides is 1. The van der Waals surface area contributed by atoms with Crippen LogP contribution in [0.5, 0.6) is 0 Å². The lowest BCUT2D eigenvalue weighted by molar-refractivity contribution is -0.193. The maximum absolute atomic E-state index is 13.1. The number of aromatic nitrogens is 1. The number of amides is 2. The molecule has 4 N–H and O–H groups in total. The number of halogens is 6. The highest BCUT2D eigenvalue weighted by Gasteiger charge is 2.41. The predicted molar refractivity (Wildman–Crippen MR) is 172 cm³/mol. The number of ether oxygens (including phenoxy) is 2. The Labute approximate surface area is 294 Å². The van der Waals surface area contributed by atoms with Crippen molar-refractivity contribution >= 4 is 35.1 Å². The monoisotopic (exact) mass is 756 g/mol. The third kappa shape index (κ3) is 15.5. The lowest BCUT2D eigenvalue weighted by Gasteiger charge is -2.47. The Morgan fingerprint density at radius 1 is 0.980 bits per heavy atom. The number of hydrogen-bond acceptors (Lipinski definition) is 9. The molecule has 286 valence electrons. The third-order valence-electron chi connectivity index (χ3n) is 7.76. The Hall–Kier alpha value is -3.81. The smallest absolute Gasteiger partial charge is 0.475 e. The number of carbonyl (C=O) groups excluding carboxylic acids is 2. The molecule has 1 aromatic carbocycles. The Kier molecular flexibility index (Phi) is 16.7. The normalized spacial score (nSPS) is 16.1. The van der Waals surface area contributed by atoms with Gasteiger partial charge in [0.1, 0.15) is 5.69 Å². The van der Waals surface area contributed by atoms with E-state index in [0.29, 0.717) is 44.5 Å². The summed E-state index contributed by atoms with van der Waals surface area (Å²) in [5.74, 6) is -5.48. The van der Waals surface area contributed by atoms with E-state index in [0.717, 1.165) is 50.3 Å². The number of carbonyl (C=O) groups is 4. The molecule has 0 aliphatic carbocycles. The largest absolute Gasteiger partial charge is 0.490 e. The molecule has 19 heteroatoms. The van der Waals surface area contributed by atoms with Crippen LogP contribution in [0.25, 0.3) is 0 Å². The van der Waals surface area contributed by atoms with E-state index in [1.165, 1.54) is 11.1 Å². The molecular weight excluding hydrogens is 714 g/mol. The van der Waals surface area contributed by atoms with Gasteiger partial charge in [-0.2, -0.15) is 26.3 Å². The molecule has 2 aliphatic rings. The fourth-order valence-electron chi connectivity index (χ4n) is 5.01. The van der Waals surface area contributed by atoms with Gasteiger partial charge < -0.3 is 35.2 Å². The molecular formula is C32H42F6N4O8S. The second kappa shape index (κ2) is 19.7. The third-order valence-corrected chi connectivity index (χ3v) is 8.90. The Morgan fingerprint density at radius 2 is 1.55 bits per heavy atom. The van der Waals surface area contributed by atoms with E-state index in [1.807, 2.05) is 10.3 Å². The molecule has 2 amide bonds. The quantitative estimate of drug-likeness (QED) is 0.219. The Morgan fingerprint density at radius 3 is 2.06 bits per heavy atom. The summed E-state index contributed by atoms with van der Waals surface area (Å²) < 4.78 is 75.3. The number of morpholine rings is 1. The van der Waals surface area contributed by atoms with Crippen molar-refractivity contribution in [2.75, 3.05) is 52.5 Å². The lowest BCUT2D eigenvalue weighted by Crippen LogP contribution is -2.58. The van der Waals surface area contributed by atoms with Gasteiger partial charge in [-0.05, 0) is 36.8 Å². The SMILES string of the molecule is CC(C)c1nc(C(=O)N2CCOC3(CCN(CCc4cccc(CCOCCC(N)=O)c4)CC3)C2)cs1.O=C(O)C(F)(F)F.O=C(O)C(F)(F)F. The predicted octanol–water partition coefficient (Wildman–Crippen LogP) is 4.52. The summed E-state index contributed by atoms with van der Waals surface area (Å²) >= 11 is 1.57. The first-order chi connectivity index (χ1) is 23.7. The topological polar surface area (TPSA) is 173 Å². The van der Waals surface area contributed by atoms with Gasteiger partial charge in [-0.1, -0.05) is 38.1 Å².